The van der Waals surface area contributed by atoms with Crippen molar-refractivity contribution in [3.63, 3.8) is 0 Å². The normalized spacial score (nSPS) is 25.5. The highest BCUT2D eigenvalue weighted by atomic mass is 32.2. The topological polar surface area (TPSA) is 17.1 Å². The fourth-order valence-corrected chi connectivity index (χ4v) is 3.53. The number of allylic oxidation sites excluding steroid dienone is 1. The third-order valence-electron chi connectivity index (χ3n) is 3.24. The molecule has 1 aliphatic rings. The first-order chi connectivity index (χ1) is 8.16. The summed E-state index contributed by atoms with van der Waals surface area (Å²) in [5, 5.41) is 0.180. The van der Waals surface area contributed by atoms with Crippen molar-refractivity contribution in [2.24, 2.45) is 0 Å². The first-order valence-electron chi connectivity index (χ1n) is 5.92. The van der Waals surface area contributed by atoms with Gasteiger partial charge in [0.2, 0.25) is 0 Å². The molecule has 0 saturated carbocycles. The molecular formula is C15H18OS. The molecular weight excluding hydrogens is 228 g/mol. The lowest BCUT2D eigenvalue weighted by Gasteiger charge is -2.21. The molecule has 1 aliphatic heterocycles. The Balaban J connectivity index is 2.10. The summed E-state index contributed by atoms with van der Waals surface area (Å²) in [6.45, 7) is 4.24. The van der Waals surface area contributed by atoms with Gasteiger partial charge >= 0.3 is 0 Å². The SMILES string of the molecule is CC1=C(C)CS(=O)[C@H](/C=C/c2ccccc2)C1. The highest BCUT2D eigenvalue weighted by molar-refractivity contribution is 7.86. The molecule has 2 rings (SSSR count). The summed E-state index contributed by atoms with van der Waals surface area (Å²) < 4.78 is 12.0. The third kappa shape index (κ3) is 3.16. The molecule has 0 aromatic heterocycles. The Morgan fingerprint density at radius 2 is 1.88 bits per heavy atom. The molecule has 0 bridgehead atoms. The van der Waals surface area contributed by atoms with Crippen LogP contribution in [0.4, 0.5) is 0 Å². The molecule has 1 aromatic carbocycles. The highest BCUT2D eigenvalue weighted by Crippen LogP contribution is 2.23. The summed E-state index contributed by atoms with van der Waals surface area (Å²) in [6, 6.07) is 10.2. The fraction of sp³-hybridized carbons (Fsp3) is 0.333. The summed E-state index contributed by atoms with van der Waals surface area (Å²) in [6.07, 6.45) is 5.11. The van der Waals surface area contributed by atoms with Gasteiger partial charge < -0.3 is 0 Å². The van der Waals surface area contributed by atoms with Gasteiger partial charge in [0.1, 0.15) is 0 Å². The van der Waals surface area contributed by atoms with E-state index >= 15 is 0 Å². The minimum atomic E-state index is -0.747. The van der Waals surface area contributed by atoms with E-state index < -0.39 is 10.8 Å². The quantitative estimate of drug-likeness (QED) is 0.729. The van der Waals surface area contributed by atoms with Gasteiger partial charge in [-0.25, -0.2) is 0 Å². The van der Waals surface area contributed by atoms with Crippen molar-refractivity contribution < 1.29 is 4.21 Å². The smallest absolute Gasteiger partial charge is 0.0571 e. The Morgan fingerprint density at radius 1 is 1.18 bits per heavy atom. The molecule has 0 N–H and O–H groups in total. The van der Waals surface area contributed by atoms with Gasteiger partial charge in [0.25, 0.3) is 0 Å². The molecule has 0 spiro atoms. The van der Waals surface area contributed by atoms with Crippen LogP contribution in [0.15, 0.2) is 47.6 Å². The average molecular weight is 246 g/mol. The Hall–Kier alpha value is -1.15. The van der Waals surface area contributed by atoms with E-state index in [0.717, 1.165) is 12.2 Å². The first kappa shape index (κ1) is 12.3. The molecule has 1 nitrogen and oxygen atoms in total. The Morgan fingerprint density at radius 3 is 2.59 bits per heavy atom. The van der Waals surface area contributed by atoms with E-state index in [1.807, 2.05) is 18.2 Å². The molecule has 2 atom stereocenters. The minimum absolute atomic E-state index is 0.180. The first-order valence-corrected chi connectivity index (χ1v) is 7.30. The predicted molar refractivity (Wildman–Crippen MR) is 75.3 cm³/mol. The van der Waals surface area contributed by atoms with Gasteiger partial charge in [-0.15, -0.1) is 0 Å². The van der Waals surface area contributed by atoms with Crippen LogP contribution < -0.4 is 0 Å². The molecule has 1 unspecified atom stereocenters. The largest absolute Gasteiger partial charge is 0.259 e. The van der Waals surface area contributed by atoms with Gasteiger partial charge in [0.15, 0.2) is 0 Å². The maximum atomic E-state index is 12.0. The van der Waals surface area contributed by atoms with Crippen LogP contribution in [0.1, 0.15) is 25.8 Å². The molecule has 1 heterocycles. The lowest BCUT2D eigenvalue weighted by molar-refractivity contribution is 0.674. The lowest BCUT2D eigenvalue weighted by Crippen LogP contribution is -2.21. The fourth-order valence-electron chi connectivity index (χ4n) is 1.95. The second-order valence-electron chi connectivity index (χ2n) is 4.60. The van der Waals surface area contributed by atoms with Crippen LogP contribution in [0.5, 0.6) is 0 Å². The molecule has 0 fully saturated rings. The van der Waals surface area contributed by atoms with Crippen LogP contribution in [0, 0.1) is 0 Å². The van der Waals surface area contributed by atoms with Crippen LogP contribution in [-0.4, -0.2) is 15.2 Å². The van der Waals surface area contributed by atoms with Gasteiger partial charge in [-0.2, -0.15) is 0 Å². The second kappa shape index (κ2) is 5.46. The van der Waals surface area contributed by atoms with E-state index in [0.29, 0.717) is 0 Å². The van der Waals surface area contributed by atoms with E-state index in [1.165, 1.54) is 16.7 Å². The molecule has 1 aromatic rings. The maximum Gasteiger partial charge on any atom is 0.0571 e. The second-order valence-corrected chi connectivity index (χ2v) is 6.25. The zero-order chi connectivity index (χ0) is 12.3. The van der Waals surface area contributed by atoms with Crippen molar-refractivity contribution in [1.29, 1.82) is 0 Å². The Kier molecular flexibility index (Phi) is 3.95. The molecule has 17 heavy (non-hydrogen) atoms. The summed E-state index contributed by atoms with van der Waals surface area (Å²) in [5.74, 6) is 0.732. The van der Waals surface area contributed by atoms with Crippen molar-refractivity contribution >= 4 is 16.9 Å². The van der Waals surface area contributed by atoms with Crippen molar-refractivity contribution in [1.82, 2.24) is 0 Å². The standard InChI is InChI=1S/C15H18OS/c1-12-10-15(17(16)11-13(12)2)9-8-14-6-4-3-5-7-14/h3-9,15H,10-11H2,1-2H3/b9-8+/t15-,17?/m1/s1. The molecule has 90 valence electrons. The number of hydrogen-bond donors (Lipinski definition) is 0. The van der Waals surface area contributed by atoms with Crippen LogP contribution in [0.25, 0.3) is 6.08 Å². The predicted octanol–water partition coefficient (Wildman–Crippen LogP) is 3.56. The Bertz CT molecular complexity index is 471. The number of rotatable bonds is 2. The monoisotopic (exact) mass is 246 g/mol. The van der Waals surface area contributed by atoms with E-state index in [9.17, 15) is 4.21 Å². The molecule has 0 saturated heterocycles. The van der Waals surface area contributed by atoms with Crippen LogP contribution in [-0.2, 0) is 10.8 Å². The van der Waals surface area contributed by atoms with Crippen LogP contribution in [0.3, 0.4) is 0 Å². The number of benzene rings is 1. The molecule has 2 heteroatoms. The zero-order valence-corrected chi connectivity index (χ0v) is 11.2. The van der Waals surface area contributed by atoms with E-state index in [-0.39, 0.29) is 5.25 Å². The van der Waals surface area contributed by atoms with Crippen molar-refractivity contribution in [3.05, 3.63) is 53.1 Å². The molecule has 0 aliphatic carbocycles. The number of hydrogen-bond acceptors (Lipinski definition) is 1. The summed E-state index contributed by atoms with van der Waals surface area (Å²) in [7, 11) is -0.747. The molecule has 0 amide bonds. The van der Waals surface area contributed by atoms with Gasteiger partial charge in [0.05, 0.1) is 5.25 Å². The third-order valence-corrected chi connectivity index (χ3v) is 4.95. The van der Waals surface area contributed by atoms with Crippen LogP contribution in [0.2, 0.25) is 0 Å². The van der Waals surface area contributed by atoms with E-state index in [1.54, 1.807) is 0 Å². The van der Waals surface area contributed by atoms with Crippen molar-refractivity contribution in [3.8, 4) is 0 Å². The van der Waals surface area contributed by atoms with E-state index in [4.69, 9.17) is 0 Å². The van der Waals surface area contributed by atoms with Gasteiger partial charge in [-0.05, 0) is 25.8 Å². The van der Waals surface area contributed by atoms with Gasteiger partial charge in [-0.3, -0.25) is 4.21 Å². The highest BCUT2D eigenvalue weighted by Gasteiger charge is 2.20. The van der Waals surface area contributed by atoms with E-state index in [2.05, 4.69) is 38.1 Å². The maximum absolute atomic E-state index is 12.0. The summed E-state index contributed by atoms with van der Waals surface area (Å²) in [5.41, 5.74) is 3.87. The van der Waals surface area contributed by atoms with Crippen LogP contribution >= 0.6 is 0 Å². The minimum Gasteiger partial charge on any atom is -0.259 e. The summed E-state index contributed by atoms with van der Waals surface area (Å²) in [4.78, 5) is 0. The summed E-state index contributed by atoms with van der Waals surface area (Å²) >= 11 is 0. The lowest BCUT2D eigenvalue weighted by atomic mass is 10.1. The van der Waals surface area contributed by atoms with Crippen molar-refractivity contribution in [2.45, 2.75) is 25.5 Å². The van der Waals surface area contributed by atoms with Gasteiger partial charge in [0, 0.05) is 16.6 Å². The Labute approximate surface area is 106 Å². The van der Waals surface area contributed by atoms with Gasteiger partial charge in [-0.1, -0.05) is 53.6 Å². The average Bonchev–Trinajstić information content (AvgIpc) is 2.33. The molecule has 0 radical (unpaired) electrons. The van der Waals surface area contributed by atoms with Crippen molar-refractivity contribution in [2.75, 3.05) is 5.75 Å². The zero-order valence-electron chi connectivity index (χ0n) is 10.3.